The third-order valence-corrected chi connectivity index (χ3v) is 4.59. The summed E-state index contributed by atoms with van der Waals surface area (Å²) in [6, 6.07) is 2.73. The van der Waals surface area contributed by atoms with Gasteiger partial charge in [-0.3, -0.25) is 0 Å². The number of halogens is 4. The zero-order valence-corrected chi connectivity index (χ0v) is 11.1. The average Bonchev–Trinajstić information content (AvgIpc) is 2.60. The van der Waals surface area contributed by atoms with Crippen molar-refractivity contribution in [2.45, 2.75) is 30.0 Å². The lowest BCUT2D eigenvalue weighted by atomic mass is 9.96. The fraction of sp³-hybridized carbons (Fsp3) is 0.455. The van der Waals surface area contributed by atoms with Crippen molar-refractivity contribution in [3.05, 3.63) is 33.8 Å². The van der Waals surface area contributed by atoms with Crippen LogP contribution in [0.25, 0.3) is 0 Å². The Bertz CT molecular complexity index is 379. The summed E-state index contributed by atoms with van der Waals surface area (Å²) in [5.74, 6) is -0.930. The van der Waals surface area contributed by atoms with Crippen LogP contribution in [0, 0.1) is 11.6 Å². The first kappa shape index (κ1) is 11.5. The van der Waals surface area contributed by atoms with E-state index < -0.39 is 11.6 Å². The van der Waals surface area contributed by atoms with E-state index in [9.17, 15) is 8.78 Å². The second-order valence-electron chi connectivity index (χ2n) is 3.81. The van der Waals surface area contributed by atoms with Crippen LogP contribution in [0.5, 0.6) is 0 Å². The topological polar surface area (TPSA) is 0 Å². The fourth-order valence-corrected chi connectivity index (χ4v) is 3.32. The van der Waals surface area contributed by atoms with Crippen LogP contribution in [-0.4, -0.2) is 4.83 Å². The van der Waals surface area contributed by atoms with Crippen LogP contribution in [0.2, 0.25) is 0 Å². The van der Waals surface area contributed by atoms with Gasteiger partial charge in [0.25, 0.3) is 0 Å². The molecule has 0 N–H and O–H groups in total. The highest BCUT2D eigenvalue weighted by Gasteiger charge is 2.31. The second-order valence-corrected chi connectivity index (χ2v) is 5.84. The zero-order chi connectivity index (χ0) is 11.0. The number of hydrogen-bond donors (Lipinski definition) is 0. The highest BCUT2D eigenvalue weighted by atomic mass is 79.9. The molecule has 15 heavy (non-hydrogen) atoms. The molecule has 1 fully saturated rings. The quantitative estimate of drug-likeness (QED) is 0.511. The van der Waals surface area contributed by atoms with E-state index in [-0.39, 0.29) is 16.3 Å². The van der Waals surface area contributed by atoms with Gasteiger partial charge in [0, 0.05) is 16.3 Å². The van der Waals surface area contributed by atoms with Crippen LogP contribution >= 0.6 is 31.9 Å². The van der Waals surface area contributed by atoms with Gasteiger partial charge < -0.3 is 0 Å². The summed E-state index contributed by atoms with van der Waals surface area (Å²) in [5, 5.41) is 0. The van der Waals surface area contributed by atoms with Crippen LogP contribution < -0.4 is 0 Å². The fourth-order valence-electron chi connectivity index (χ4n) is 2.12. The van der Waals surface area contributed by atoms with Crippen molar-refractivity contribution in [1.29, 1.82) is 0 Å². The SMILES string of the molecule is Fc1ccc(Br)c(F)c1C1CCCC1Br. The second kappa shape index (κ2) is 4.50. The molecule has 4 heteroatoms. The predicted molar refractivity (Wildman–Crippen MR) is 63.4 cm³/mol. The first-order valence-electron chi connectivity index (χ1n) is 4.88. The van der Waals surface area contributed by atoms with Crippen molar-refractivity contribution in [3.63, 3.8) is 0 Å². The lowest BCUT2D eigenvalue weighted by Gasteiger charge is -2.16. The van der Waals surface area contributed by atoms with Crippen LogP contribution in [0.4, 0.5) is 8.78 Å². The molecule has 0 amide bonds. The molecule has 0 nitrogen and oxygen atoms in total. The summed E-state index contributed by atoms with van der Waals surface area (Å²) in [7, 11) is 0. The van der Waals surface area contributed by atoms with E-state index in [1.54, 1.807) is 0 Å². The van der Waals surface area contributed by atoms with Crippen molar-refractivity contribution >= 4 is 31.9 Å². The summed E-state index contributed by atoms with van der Waals surface area (Å²) in [6.07, 6.45) is 2.85. The van der Waals surface area contributed by atoms with Crippen molar-refractivity contribution in [3.8, 4) is 0 Å². The molecule has 2 unspecified atom stereocenters. The molecule has 0 aliphatic heterocycles. The summed E-state index contributed by atoms with van der Waals surface area (Å²) in [5.41, 5.74) is 0.226. The van der Waals surface area contributed by atoms with Crippen LogP contribution in [0.1, 0.15) is 30.7 Å². The average molecular weight is 340 g/mol. The van der Waals surface area contributed by atoms with Gasteiger partial charge in [-0.25, -0.2) is 8.78 Å². The third-order valence-electron chi connectivity index (χ3n) is 2.88. The molecular weight excluding hydrogens is 330 g/mol. The Morgan fingerprint density at radius 2 is 1.93 bits per heavy atom. The largest absolute Gasteiger partial charge is 0.207 e. The van der Waals surface area contributed by atoms with Crippen LogP contribution in [-0.2, 0) is 0 Å². The van der Waals surface area contributed by atoms with Crippen LogP contribution in [0.15, 0.2) is 16.6 Å². The summed E-state index contributed by atoms with van der Waals surface area (Å²) >= 11 is 6.58. The van der Waals surface area contributed by atoms with Crippen molar-refractivity contribution < 1.29 is 8.78 Å². The van der Waals surface area contributed by atoms with Crippen LogP contribution in [0.3, 0.4) is 0 Å². The number of alkyl halides is 1. The molecule has 0 saturated heterocycles. The maximum absolute atomic E-state index is 13.8. The maximum atomic E-state index is 13.8. The van der Waals surface area contributed by atoms with E-state index in [1.165, 1.54) is 12.1 Å². The van der Waals surface area contributed by atoms with E-state index in [1.807, 2.05) is 0 Å². The molecule has 82 valence electrons. The molecule has 1 saturated carbocycles. The molecule has 0 heterocycles. The van der Waals surface area contributed by atoms with Gasteiger partial charge in [-0.1, -0.05) is 22.4 Å². The molecule has 2 rings (SSSR count). The van der Waals surface area contributed by atoms with Gasteiger partial charge in [0.15, 0.2) is 0 Å². The highest BCUT2D eigenvalue weighted by molar-refractivity contribution is 9.10. The Balaban J connectivity index is 2.46. The standard InChI is InChI=1S/C11H10Br2F2/c12-7-3-1-2-6(7)10-9(14)5-4-8(13)11(10)15/h4-7H,1-3H2. The highest BCUT2D eigenvalue weighted by Crippen LogP contribution is 2.42. The molecule has 2 atom stereocenters. The summed E-state index contributed by atoms with van der Waals surface area (Å²) in [4.78, 5) is 0.191. The van der Waals surface area contributed by atoms with Gasteiger partial charge in [-0.2, -0.15) is 0 Å². The lowest BCUT2D eigenvalue weighted by Crippen LogP contribution is -2.09. The van der Waals surface area contributed by atoms with Crippen molar-refractivity contribution in [1.82, 2.24) is 0 Å². The Kier molecular flexibility index (Phi) is 3.45. The van der Waals surface area contributed by atoms with Crippen molar-refractivity contribution in [2.75, 3.05) is 0 Å². The van der Waals surface area contributed by atoms with E-state index in [0.29, 0.717) is 4.47 Å². The van der Waals surface area contributed by atoms with E-state index in [4.69, 9.17) is 0 Å². The minimum atomic E-state index is -0.452. The van der Waals surface area contributed by atoms with E-state index >= 15 is 0 Å². The molecule has 0 radical (unpaired) electrons. The monoisotopic (exact) mass is 338 g/mol. The molecule has 0 spiro atoms. The number of hydrogen-bond acceptors (Lipinski definition) is 0. The summed E-state index contributed by atoms with van der Waals surface area (Å²) in [6.45, 7) is 0. The Morgan fingerprint density at radius 1 is 1.20 bits per heavy atom. The number of benzene rings is 1. The molecule has 1 aliphatic rings. The molecular formula is C11H10Br2F2. The first-order valence-corrected chi connectivity index (χ1v) is 6.59. The minimum absolute atomic E-state index is 0.0394. The van der Waals surface area contributed by atoms with E-state index in [2.05, 4.69) is 31.9 Å². The molecule has 1 aromatic rings. The molecule has 1 aromatic carbocycles. The van der Waals surface area contributed by atoms with Gasteiger partial charge in [0.1, 0.15) is 11.6 Å². The molecule has 1 aliphatic carbocycles. The first-order chi connectivity index (χ1) is 7.11. The van der Waals surface area contributed by atoms with Gasteiger partial charge >= 0.3 is 0 Å². The van der Waals surface area contributed by atoms with Crippen molar-refractivity contribution in [2.24, 2.45) is 0 Å². The predicted octanol–water partition coefficient (Wildman–Crippen LogP) is 4.76. The molecule has 0 bridgehead atoms. The summed E-state index contributed by atoms with van der Waals surface area (Å²) < 4.78 is 27.7. The van der Waals surface area contributed by atoms with Gasteiger partial charge in [0.05, 0.1) is 4.47 Å². The van der Waals surface area contributed by atoms with Gasteiger partial charge in [-0.15, -0.1) is 0 Å². The Hall–Kier alpha value is 0.0400. The van der Waals surface area contributed by atoms with Gasteiger partial charge in [0.2, 0.25) is 0 Å². The maximum Gasteiger partial charge on any atom is 0.143 e. The lowest BCUT2D eigenvalue weighted by molar-refractivity contribution is 0.524. The zero-order valence-electron chi connectivity index (χ0n) is 7.94. The normalized spacial score (nSPS) is 25.9. The smallest absolute Gasteiger partial charge is 0.143 e. The third kappa shape index (κ3) is 2.11. The van der Waals surface area contributed by atoms with E-state index in [0.717, 1.165) is 19.3 Å². The minimum Gasteiger partial charge on any atom is -0.207 e. The Morgan fingerprint density at radius 3 is 2.53 bits per heavy atom. The number of rotatable bonds is 1. The molecule has 0 aromatic heterocycles. The Labute approximate surface area is 104 Å². The van der Waals surface area contributed by atoms with Gasteiger partial charge in [-0.05, 0) is 40.9 Å².